The average molecular weight is 307 g/mol. The normalized spacial score (nSPS) is 20.6. The van der Waals surface area contributed by atoms with Crippen molar-refractivity contribution in [1.82, 2.24) is 4.90 Å². The van der Waals surface area contributed by atoms with E-state index in [2.05, 4.69) is 4.74 Å². The van der Waals surface area contributed by atoms with Gasteiger partial charge < -0.3 is 15.4 Å². The van der Waals surface area contributed by atoms with Gasteiger partial charge in [-0.25, -0.2) is 4.39 Å². The van der Waals surface area contributed by atoms with Crippen LogP contribution in [-0.2, 0) is 0 Å². The quantitative estimate of drug-likeness (QED) is 0.687. The van der Waals surface area contributed by atoms with Gasteiger partial charge in [0.25, 0.3) is 0 Å². The molecule has 1 aliphatic rings. The molecular weight excluding hydrogens is 290 g/mol. The molecule has 2 rings (SSSR count). The van der Waals surface area contributed by atoms with Crippen LogP contribution < -0.4 is 15.4 Å². The third kappa shape index (κ3) is 3.90. The maximum absolute atomic E-state index is 12.9. The molecule has 0 amide bonds. The summed E-state index contributed by atoms with van der Waals surface area (Å²) in [6, 6.07) is 3.87. The number of piperazine rings is 1. The third-order valence-electron chi connectivity index (χ3n) is 3.54. The molecular formula is C13H17F4N3O. The number of rotatable bonds is 3. The maximum Gasteiger partial charge on any atom is 0.573 e. The molecule has 0 aromatic heterocycles. The van der Waals surface area contributed by atoms with Crippen molar-refractivity contribution in [2.75, 3.05) is 44.0 Å². The topological polar surface area (TPSA) is 41.7 Å². The Hall–Kier alpha value is -1.70. The van der Waals surface area contributed by atoms with Gasteiger partial charge in [-0.2, -0.15) is 0 Å². The molecule has 118 valence electrons. The fourth-order valence-electron chi connectivity index (χ4n) is 2.30. The summed E-state index contributed by atoms with van der Waals surface area (Å²) in [5, 5.41) is 0. The SMILES string of the molecule is CN1CCN(c2ccc(OC(F)(F)F)c(N)c2)CC1CF. The lowest BCUT2D eigenvalue weighted by molar-refractivity contribution is -0.274. The van der Waals surface area contributed by atoms with Crippen molar-refractivity contribution in [2.24, 2.45) is 0 Å². The van der Waals surface area contributed by atoms with Crippen LogP contribution in [0.5, 0.6) is 5.75 Å². The predicted molar refractivity (Wildman–Crippen MR) is 72.1 cm³/mol. The van der Waals surface area contributed by atoms with Gasteiger partial charge >= 0.3 is 6.36 Å². The summed E-state index contributed by atoms with van der Waals surface area (Å²) in [5.41, 5.74) is 6.16. The highest BCUT2D eigenvalue weighted by atomic mass is 19.4. The molecule has 0 radical (unpaired) electrons. The monoisotopic (exact) mass is 307 g/mol. The van der Waals surface area contributed by atoms with E-state index in [1.807, 2.05) is 16.8 Å². The van der Waals surface area contributed by atoms with Gasteiger partial charge in [-0.05, 0) is 25.2 Å². The van der Waals surface area contributed by atoms with Crippen molar-refractivity contribution < 1.29 is 22.3 Å². The van der Waals surface area contributed by atoms with E-state index >= 15 is 0 Å². The van der Waals surface area contributed by atoms with Crippen molar-refractivity contribution >= 4 is 11.4 Å². The van der Waals surface area contributed by atoms with Crippen molar-refractivity contribution in [3.63, 3.8) is 0 Å². The van der Waals surface area contributed by atoms with E-state index in [9.17, 15) is 17.6 Å². The molecule has 1 atom stereocenters. The molecule has 1 aromatic rings. The Bertz CT molecular complexity index is 495. The zero-order valence-corrected chi connectivity index (χ0v) is 11.5. The first-order valence-corrected chi connectivity index (χ1v) is 6.46. The van der Waals surface area contributed by atoms with E-state index in [1.165, 1.54) is 18.2 Å². The van der Waals surface area contributed by atoms with Crippen molar-refractivity contribution in [3.8, 4) is 5.75 Å². The number of halogens is 4. The van der Waals surface area contributed by atoms with Gasteiger partial charge in [-0.3, -0.25) is 4.90 Å². The Kier molecular flexibility index (Phi) is 4.46. The highest BCUT2D eigenvalue weighted by Gasteiger charge is 2.32. The van der Waals surface area contributed by atoms with Crippen LogP contribution in [-0.4, -0.2) is 50.7 Å². The third-order valence-corrected chi connectivity index (χ3v) is 3.54. The zero-order valence-electron chi connectivity index (χ0n) is 11.5. The molecule has 0 aliphatic carbocycles. The van der Waals surface area contributed by atoms with E-state index in [4.69, 9.17) is 5.73 Å². The summed E-state index contributed by atoms with van der Waals surface area (Å²) in [6.45, 7) is 1.32. The van der Waals surface area contributed by atoms with Crippen LogP contribution in [0.25, 0.3) is 0 Å². The largest absolute Gasteiger partial charge is 0.573 e. The fourth-order valence-corrected chi connectivity index (χ4v) is 2.30. The number of nitrogens with zero attached hydrogens (tertiary/aromatic N) is 2. The van der Waals surface area contributed by atoms with E-state index in [1.54, 1.807) is 0 Å². The van der Waals surface area contributed by atoms with E-state index < -0.39 is 18.8 Å². The summed E-state index contributed by atoms with van der Waals surface area (Å²) in [5.74, 6) is -0.428. The number of alkyl halides is 4. The van der Waals surface area contributed by atoms with Crippen molar-refractivity contribution in [3.05, 3.63) is 18.2 Å². The highest BCUT2D eigenvalue weighted by molar-refractivity contribution is 5.63. The average Bonchev–Trinajstić information content (AvgIpc) is 2.40. The molecule has 1 heterocycles. The molecule has 21 heavy (non-hydrogen) atoms. The second kappa shape index (κ2) is 5.97. The molecule has 0 spiro atoms. The summed E-state index contributed by atoms with van der Waals surface area (Å²) < 4.78 is 53.3. The molecule has 4 nitrogen and oxygen atoms in total. The fraction of sp³-hybridized carbons (Fsp3) is 0.538. The highest BCUT2D eigenvalue weighted by Crippen LogP contribution is 2.32. The Morgan fingerprint density at radius 2 is 2.05 bits per heavy atom. The predicted octanol–water partition coefficient (Wildman–Crippen LogP) is 2.26. The van der Waals surface area contributed by atoms with Crippen LogP contribution in [0.4, 0.5) is 28.9 Å². The van der Waals surface area contributed by atoms with Crippen LogP contribution in [0.2, 0.25) is 0 Å². The Morgan fingerprint density at radius 3 is 2.62 bits per heavy atom. The number of hydrogen-bond donors (Lipinski definition) is 1. The van der Waals surface area contributed by atoms with Gasteiger partial charge in [0.05, 0.1) is 11.7 Å². The van der Waals surface area contributed by atoms with Crippen LogP contribution >= 0.6 is 0 Å². The number of nitrogen functional groups attached to an aromatic ring is 1. The van der Waals surface area contributed by atoms with Crippen LogP contribution in [0.1, 0.15) is 0 Å². The molecule has 8 heteroatoms. The molecule has 2 N–H and O–H groups in total. The lowest BCUT2D eigenvalue weighted by atomic mass is 10.1. The van der Waals surface area contributed by atoms with Gasteiger partial charge in [-0.15, -0.1) is 13.2 Å². The van der Waals surface area contributed by atoms with Gasteiger partial charge in [0.15, 0.2) is 5.75 Å². The van der Waals surface area contributed by atoms with E-state index in [0.717, 1.165) is 0 Å². The van der Waals surface area contributed by atoms with E-state index in [0.29, 0.717) is 25.3 Å². The van der Waals surface area contributed by atoms with Gasteiger partial charge in [0.1, 0.15) is 6.67 Å². The number of ether oxygens (including phenoxy) is 1. The Labute approximate surface area is 120 Å². The lowest BCUT2D eigenvalue weighted by Crippen LogP contribution is -2.52. The summed E-state index contributed by atoms with van der Waals surface area (Å²) in [6.07, 6.45) is -4.78. The minimum atomic E-state index is -4.78. The Balaban J connectivity index is 2.13. The van der Waals surface area contributed by atoms with Crippen molar-refractivity contribution in [1.29, 1.82) is 0 Å². The first-order chi connectivity index (χ1) is 9.80. The van der Waals surface area contributed by atoms with E-state index in [-0.39, 0.29) is 11.7 Å². The zero-order chi connectivity index (χ0) is 15.6. The molecule has 1 aromatic carbocycles. The van der Waals surface area contributed by atoms with Crippen LogP contribution in [0, 0.1) is 0 Å². The van der Waals surface area contributed by atoms with Crippen LogP contribution in [0.3, 0.4) is 0 Å². The molecule has 1 saturated heterocycles. The molecule has 1 unspecified atom stereocenters. The smallest absolute Gasteiger partial charge is 0.404 e. The standard InChI is InChI=1S/C13H17F4N3O/c1-19-4-5-20(8-10(19)7-14)9-2-3-12(11(18)6-9)21-13(15,16)17/h2-3,6,10H,4-5,7-8,18H2,1H3. The Morgan fingerprint density at radius 1 is 1.33 bits per heavy atom. The summed E-state index contributed by atoms with van der Waals surface area (Å²) >= 11 is 0. The maximum atomic E-state index is 12.9. The van der Waals surface area contributed by atoms with Crippen LogP contribution in [0.15, 0.2) is 18.2 Å². The lowest BCUT2D eigenvalue weighted by Gasteiger charge is -2.39. The molecule has 1 aliphatic heterocycles. The second-order valence-corrected chi connectivity index (χ2v) is 5.00. The number of hydrogen-bond acceptors (Lipinski definition) is 4. The molecule has 0 saturated carbocycles. The number of benzene rings is 1. The molecule has 1 fully saturated rings. The summed E-state index contributed by atoms with van der Waals surface area (Å²) in [4.78, 5) is 3.82. The minimum Gasteiger partial charge on any atom is -0.404 e. The van der Waals surface area contributed by atoms with Crippen molar-refractivity contribution in [2.45, 2.75) is 12.4 Å². The number of nitrogens with two attached hydrogens (primary N) is 1. The number of likely N-dealkylation sites (N-methyl/N-ethyl adjacent to an activating group) is 1. The van der Waals surface area contributed by atoms with Gasteiger partial charge in [0.2, 0.25) is 0 Å². The first-order valence-electron chi connectivity index (χ1n) is 6.46. The van der Waals surface area contributed by atoms with Gasteiger partial charge in [0, 0.05) is 25.3 Å². The first kappa shape index (κ1) is 15.7. The summed E-state index contributed by atoms with van der Waals surface area (Å²) in [7, 11) is 1.84. The minimum absolute atomic E-state index is 0.0967. The molecule has 0 bridgehead atoms. The van der Waals surface area contributed by atoms with Gasteiger partial charge in [-0.1, -0.05) is 0 Å². The number of anilines is 2. The second-order valence-electron chi connectivity index (χ2n) is 5.00.